The number of nitrogens with two attached hydrogens (primary N) is 1. The van der Waals surface area contributed by atoms with Crippen LogP contribution in [-0.4, -0.2) is 30.2 Å². The van der Waals surface area contributed by atoms with E-state index in [4.69, 9.17) is 10.8 Å². The summed E-state index contributed by atoms with van der Waals surface area (Å²) in [6.45, 7) is 1.81. The Hall–Kier alpha value is -1.55. The zero-order valence-corrected chi connectivity index (χ0v) is 8.39. The highest BCUT2D eigenvalue weighted by molar-refractivity contribution is 5.88. The molecule has 2 rings (SSSR count). The van der Waals surface area contributed by atoms with Gasteiger partial charge in [-0.2, -0.15) is 0 Å². The molecule has 1 aliphatic rings. The minimum absolute atomic E-state index is 0.240. The maximum atomic E-state index is 10.7. The van der Waals surface area contributed by atoms with Gasteiger partial charge in [-0.25, -0.2) is 4.79 Å². The van der Waals surface area contributed by atoms with Crippen molar-refractivity contribution in [2.24, 2.45) is 5.73 Å². The van der Waals surface area contributed by atoms with Crippen molar-refractivity contribution < 1.29 is 9.90 Å². The van der Waals surface area contributed by atoms with Crippen LogP contribution in [0.25, 0.3) is 0 Å². The third-order valence-electron chi connectivity index (χ3n) is 2.70. The van der Waals surface area contributed by atoms with Crippen molar-refractivity contribution in [3.8, 4) is 0 Å². The molecule has 0 bridgehead atoms. The average Bonchev–Trinajstić information content (AvgIpc) is 2.65. The molecular weight excluding hydrogens is 192 g/mol. The molecule has 1 aliphatic heterocycles. The van der Waals surface area contributed by atoms with Crippen molar-refractivity contribution in [1.29, 1.82) is 0 Å². The van der Waals surface area contributed by atoms with E-state index in [0.29, 0.717) is 5.56 Å². The fraction of sp³-hybridized carbons (Fsp3) is 0.364. The lowest BCUT2D eigenvalue weighted by Crippen LogP contribution is -2.26. The predicted octanol–water partition coefficient (Wildman–Crippen LogP) is 0.922. The Labute approximate surface area is 88.3 Å². The van der Waals surface area contributed by atoms with E-state index in [9.17, 15) is 4.79 Å². The summed E-state index contributed by atoms with van der Waals surface area (Å²) in [5, 5.41) is 8.75. The maximum Gasteiger partial charge on any atom is 0.335 e. The van der Waals surface area contributed by atoms with E-state index in [0.717, 1.165) is 25.2 Å². The topological polar surface area (TPSA) is 66.6 Å². The molecule has 3 N–H and O–H groups in total. The summed E-state index contributed by atoms with van der Waals surface area (Å²) < 4.78 is 0. The van der Waals surface area contributed by atoms with Crippen LogP contribution in [0.4, 0.5) is 5.69 Å². The second-order valence-electron chi connectivity index (χ2n) is 3.85. The van der Waals surface area contributed by atoms with Gasteiger partial charge in [0.2, 0.25) is 0 Å². The molecule has 1 heterocycles. The molecule has 1 fully saturated rings. The van der Waals surface area contributed by atoms with Crippen LogP contribution in [0.15, 0.2) is 24.3 Å². The molecule has 4 heteroatoms. The van der Waals surface area contributed by atoms with Gasteiger partial charge < -0.3 is 15.7 Å². The first-order valence-electron chi connectivity index (χ1n) is 5.00. The SMILES string of the molecule is NC1CCN(c2ccc(C(=O)O)cc2)C1. The molecule has 1 aromatic carbocycles. The van der Waals surface area contributed by atoms with Gasteiger partial charge in [-0.3, -0.25) is 0 Å². The minimum atomic E-state index is -0.889. The van der Waals surface area contributed by atoms with Gasteiger partial charge in [-0.1, -0.05) is 0 Å². The smallest absolute Gasteiger partial charge is 0.335 e. The largest absolute Gasteiger partial charge is 0.478 e. The van der Waals surface area contributed by atoms with Crippen molar-refractivity contribution in [2.75, 3.05) is 18.0 Å². The Morgan fingerprint density at radius 2 is 2.07 bits per heavy atom. The van der Waals surface area contributed by atoms with E-state index < -0.39 is 5.97 Å². The van der Waals surface area contributed by atoms with E-state index >= 15 is 0 Å². The highest BCUT2D eigenvalue weighted by atomic mass is 16.4. The summed E-state index contributed by atoms with van der Waals surface area (Å²) in [6, 6.07) is 7.16. The Morgan fingerprint density at radius 1 is 1.40 bits per heavy atom. The molecule has 0 aromatic heterocycles. The Morgan fingerprint density at radius 3 is 2.53 bits per heavy atom. The lowest BCUT2D eigenvalue weighted by Gasteiger charge is -2.17. The molecular formula is C11H14N2O2. The van der Waals surface area contributed by atoms with Crippen molar-refractivity contribution in [3.05, 3.63) is 29.8 Å². The molecule has 0 aliphatic carbocycles. The summed E-state index contributed by atoms with van der Waals surface area (Å²) in [5.41, 5.74) is 7.18. The fourth-order valence-electron chi connectivity index (χ4n) is 1.84. The van der Waals surface area contributed by atoms with Gasteiger partial charge in [-0.15, -0.1) is 0 Å². The number of anilines is 1. The monoisotopic (exact) mass is 206 g/mol. The summed E-state index contributed by atoms with van der Waals surface area (Å²) in [7, 11) is 0. The van der Waals surface area contributed by atoms with Crippen LogP contribution >= 0.6 is 0 Å². The van der Waals surface area contributed by atoms with Crippen LogP contribution in [0.5, 0.6) is 0 Å². The first-order chi connectivity index (χ1) is 7.16. The molecule has 1 atom stereocenters. The number of rotatable bonds is 2. The predicted molar refractivity (Wildman–Crippen MR) is 58.2 cm³/mol. The van der Waals surface area contributed by atoms with Crippen LogP contribution in [0.2, 0.25) is 0 Å². The number of carbonyl (C=O) groups is 1. The van der Waals surface area contributed by atoms with E-state index in [1.165, 1.54) is 0 Å². The van der Waals surface area contributed by atoms with E-state index in [1.807, 2.05) is 12.1 Å². The third kappa shape index (κ3) is 2.10. The Kier molecular flexibility index (Phi) is 2.60. The van der Waals surface area contributed by atoms with Gasteiger partial charge in [0.25, 0.3) is 0 Å². The lowest BCUT2D eigenvalue weighted by molar-refractivity contribution is 0.0697. The van der Waals surface area contributed by atoms with E-state index in [1.54, 1.807) is 12.1 Å². The van der Waals surface area contributed by atoms with Gasteiger partial charge >= 0.3 is 5.97 Å². The number of nitrogens with zero attached hydrogens (tertiary/aromatic N) is 1. The molecule has 4 nitrogen and oxygen atoms in total. The van der Waals surface area contributed by atoms with Gasteiger partial charge in [0.05, 0.1) is 5.56 Å². The normalized spacial score (nSPS) is 20.6. The fourth-order valence-corrected chi connectivity index (χ4v) is 1.84. The number of hydrogen-bond donors (Lipinski definition) is 2. The summed E-state index contributed by atoms with van der Waals surface area (Å²) in [4.78, 5) is 12.8. The van der Waals surface area contributed by atoms with Crippen LogP contribution in [0.3, 0.4) is 0 Å². The van der Waals surface area contributed by atoms with E-state index in [-0.39, 0.29) is 6.04 Å². The Balaban J connectivity index is 2.13. The van der Waals surface area contributed by atoms with E-state index in [2.05, 4.69) is 4.90 Å². The van der Waals surface area contributed by atoms with Crippen LogP contribution in [0, 0.1) is 0 Å². The molecule has 15 heavy (non-hydrogen) atoms. The molecule has 1 saturated heterocycles. The standard InChI is InChI=1S/C11H14N2O2/c12-9-5-6-13(7-9)10-3-1-8(2-4-10)11(14)15/h1-4,9H,5-7,12H2,(H,14,15). The molecule has 0 radical (unpaired) electrons. The van der Waals surface area contributed by atoms with Gasteiger partial charge in [0.15, 0.2) is 0 Å². The number of carboxylic acid groups (broad SMARTS) is 1. The van der Waals surface area contributed by atoms with Gasteiger partial charge in [0.1, 0.15) is 0 Å². The number of benzene rings is 1. The van der Waals surface area contributed by atoms with Crippen molar-refractivity contribution >= 4 is 11.7 Å². The number of aromatic carboxylic acids is 1. The first kappa shape index (κ1) is 9.98. The summed E-state index contributed by atoms with van der Waals surface area (Å²) >= 11 is 0. The molecule has 0 spiro atoms. The average molecular weight is 206 g/mol. The number of hydrogen-bond acceptors (Lipinski definition) is 3. The van der Waals surface area contributed by atoms with Gasteiger partial charge in [0, 0.05) is 24.8 Å². The van der Waals surface area contributed by atoms with Crippen molar-refractivity contribution in [2.45, 2.75) is 12.5 Å². The summed E-state index contributed by atoms with van der Waals surface area (Å²) in [5.74, 6) is -0.889. The highest BCUT2D eigenvalue weighted by Gasteiger charge is 2.19. The second-order valence-corrected chi connectivity index (χ2v) is 3.85. The zero-order chi connectivity index (χ0) is 10.8. The minimum Gasteiger partial charge on any atom is -0.478 e. The summed E-state index contributed by atoms with van der Waals surface area (Å²) in [6.07, 6.45) is 1.00. The lowest BCUT2D eigenvalue weighted by atomic mass is 10.2. The van der Waals surface area contributed by atoms with Crippen molar-refractivity contribution in [1.82, 2.24) is 0 Å². The van der Waals surface area contributed by atoms with Crippen LogP contribution in [0.1, 0.15) is 16.8 Å². The second kappa shape index (κ2) is 3.90. The van der Waals surface area contributed by atoms with Crippen LogP contribution < -0.4 is 10.6 Å². The molecule has 1 aromatic rings. The first-order valence-corrected chi connectivity index (χ1v) is 5.00. The zero-order valence-electron chi connectivity index (χ0n) is 8.39. The van der Waals surface area contributed by atoms with Gasteiger partial charge in [-0.05, 0) is 30.7 Å². The van der Waals surface area contributed by atoms with Crippen molar-refractivity contribution in [3.63, 3.8) is 0 Å². The number of carboxylic acids is 1. The third-order valence-corrected chi connectivity index (χ3v) is 2.70. The maximum absolute atomic E-state index is 10.7. The Bertz CT molecular complexity index is 361. The molecule has 0 saturated carbocycles. The van der Waals surface area contributed by atoms with Crippen LogP contribution in [-0.2, 0) is 0 Å². The molecule has 0 amide bonds. The highest BCUT2D eigenvalue weighted by Crippen LogP contribution is 2.19. The molecule has 1 unspecified atom stereocenters. The quantitative estimate of drug-likeness (QED) is 0.755. The molecule has 80 valence electrons.